The van der Waals surface area contributed by atoms with Crippen LogP contribution in [0.5, 0.6) is 0 Å². The summed E-state index contributed by atoms with van der Waals surface area (Å²) < 4.78 is 13.6. The van der Waals surface area contributed by atoms with Crippen molar-refractivity contribution in [2.75, 3.05) is 11.9 Å². The van der Waals surface area contributed by atoms with Gasteiger partial charge in [-0.3, -0.25) is 4.79 Å². The summed E-state index contributed by atoms with van der Waals surface area (Å²) in [6.45, 7) is 0.0755. The van der Waals surface area contributed by atoms with Gasteiger partial charge in [0.05, 0.1) is 17.4 Å². The van der Waals surface area contributed by atoms with Gasteiger partial charge in [0.2, 0.25) is 0 Å². The van der Waals surface area contributed by atoms with Gasteiger partial charge < -0.3 is 15.4 Å². The molecule has 1 amide bonds. The molecule has 0 saturated heterocycles. The molecule has 0 aliphatic rings. The van der Waals surface area contributed by atoms with Gasteiger partial charge in [-0.05, 0) is 36.2 Å². The van der Waals surface area contributed by atoms with E-state index >= 15 is 0 Å². The third-order valence-electron chi connectivity index (χ3n) is 3.35. The van der Waals surface area contributed by atoms with Crippen molar-refractivity contribution in [1.82, 2.24) is 9.97 Å². The highest BCUT2D eigenvalue weighted by Gasteiger charge is 2.14. The second kappa shape index (κ2) is 5.95. The first kappa shape index (κ1) is 14.2. The smallest absolute Gasteiger partial charge is 0.258 e. The fourth-order valence-electron chi connectivity index (χ4n) is 2.27. The molecule has 0 spiro atoms. The number of halogens is 1. The van der Waals surface area contributed by atoms with E-state index in [1.165, 1.54) is 18.5 Å². The Kier molecular flexibility index (Phi) is 3.84. The number of aliphatic hydroxyl groups is 1. The van der Waals surface area contributed by atoms with Crippen LogP contribution in [0.1, 0.15) is 15.9 Å². The molecule has 0 aliphatic heterocycles. The van der Waals surface area contributed by atoms with Gasteiger partial charge in [0.25, 0.3) is 5.91 Å². The van der Waals surface area contributed by atoms with Crippen LogP contribution in [0, 0.1) is 5.82 Å². The molecule has 0 unspecified atom stereocenters. The number of carbonyl (C=O) groups is 1. The molecule has 0 radical (unpaired) electrons. The molecule has 0 saturated carbocycles. The number of hydrogen-bond donors (Lipinski definition) is 3. The Labute approximate surface area is 125 Å². The summed E-state index contributed by atoms with van der Waals surface area (Å²) in [5.74, 6) is -0.924. The van der Waals surface area contributed by atoms with Crippen LogP contribution in [0.2, 0.25) is 0 Å². The van der Waals surface area contributed by atoms with Crippen molar-refractivity contribution in [1.29, 1.82) is 0 Å². The lowest BCUT2D eigenvalue weighted by Gasteiger charge is -2.07. The number of aromatic amines is 1. The number of H-pyrrole nitrogens is 1. The number of imidazole rings is 1. The maximum absolute atomic E-state index is 13.6. The Morgan fingerprint density at radius 2 is 2.05 bits per heavy atom. The maximum Gasteiger partial charge on any atom is 0.258 e. The molecule has 22 heavy (non-hydrogen) atoms. The summed E-state index contributed by atoms with van der Waals surface area (Å²) in [6.07, 6.45) is 1.98. The number of rotatable bonds is 4. The zero-order valence-corrected chi connectivity index (χ0v) is 11.6. The molecule has 3 N–H and O–H groups in total. The molecule has 0 fully saturated rings. The van der Waals surface area contributed by atoms with Crippen LogP contribution in [0.25, 0.3) is 11.0 Å². The number of aliphatic hydroxyl groups excluding tert-OH is 1. The first-order chi connectivity index (χ1) is 10.7. The van der Waals surface area contributed by atoms with E-state index in [0.717, 1.165) is 5.56 Å². The molecular weight excluding hydrogens is 285 g/mol. The largest absolute Gasteiger partial charge is 0.396 e. The highest BCUT2D eigenvalue weighted by atomic mass is 19.1. The van der Waals surface area contributed by atoms with E-state index in [9.17, 15) is 9.18 Å². The number of amides is 1. The van der Waals surface area contributed by atoms with Crippen molar-refractivity contribution in [3.63, 3.8) is 0 Å². The molecule has 1 aromatic heterocycles. The maximum atomic E-state index is 13.6. The lowest BCUT2D eigenvalue weighted by Crippen LogP contribution is -2.13. The molecule has 6 heteroatoms. The fraction of sp³-hybridized carbons (Fsp3) is 0.125. The lowest BCUT2D eigenvalue weighted by atomic mass is 10.1. The second-order valence-corrected chi connectivity index (χ2v) is 4.88. The average molecular weight is 299 g/mol. The molecule has 3 aromatic rings. The van der Waals surface area contributed by atoms with Crippen LogP contribution < -0.4 is 5.32 Å². The number of nitrogens with one attached hydrogen (secondary N) is 2. The highest BCUT2D eigenvalue weighted by molar-refractivity contribution is 6.11. The Hall–Kier alpha value is -2.73. The quantitative estimate of drug-likeness (QED) is 0.692. The average Bonchev–Trinajstić information content (AvgIpc) is 2.96. The first-order valence-corrected chi connectivity index (χ1v) is 6.81. The van der Waals surface area contributed by atoms with Crippen molar-refractivity contribution >= 4 is 22.6 Å². The minimum absolute atomic E-state index is 0.0755. The number of anilines is 1. The normalized spacial score (nSPS) is 10.8. The Balaban J connectivity index is 1.85. The molecule has 112 valence electrons. The molecule has 0 bridgehead atoms. The van der Waals surface area contributed by atoms with E-state index in [1.807, 2.05) is 12.1 Å². The molecule has 1 heterocycles. The third-order valence-corrected chi connectivity index (χ3v) is 3.35. The molecule has 0 aliphatic carbocycles. The van der Waals surface area contributed by atoms with Crippen molar-refractivity contribution < 1.29 is 14.3 Å². The van der Waals surface area contributed by atoms with Crippen molar-refractivity contribution in [3.8, 4) is 0 Å². The summed E-state index contributed by atoms with van der Waals surface area (Å²) in [5, 5.41) is 11.6. The Morgan fingerprint density at radius 3 is 2.77 bits per heavy atom. The zero-order valence-electron chi connectivity index (χ0n) is 11.6. The van der Waals surface area contributed by atoms with Gasteiger partial charge in [-0.15, -0.1) is 0 Å². The minimum Gasteiger partial charge on any atom is -0.396 e. The second-order valence-electron chi connectivity index (χ2n) is 4.88. The van der Waals surface area contributed by atoms with Gasteiger partial charge in [-0.25, -0.2) is 9.37 Å². The Bertz CT molecular complexity index is 812. The summed E-state index contributed by atoms with van der Waals surface area (Å²) >= 11 is 0. The topological polar surface area (TPSA) is 78.0 Å². The van der Waals surface area contributed by atoms with Gasteiger partial charge in [-0.2, -0.15) is 0 Å². The van der Waals surface area contributed by atoms with Crippen LogP contribution in [0.3, 0.4) is 0 Å². The zero-order chi connectivity index (χ0) is 15.5. The summed E-state index contributed by atoms with van der Waals surface area (Å²) in [6, 6.07) is 9.58. The number of fused-ring (bicyclic) bond motifs is 1. The van der Waals surface area contributed by atoms with E-state index in [2.05, 4.69) is 15.3 Å². The molecule has 5 nitrogen and oxygen atoms in total. The van der Waals surface area contributed by atoms with E-state index in [0.29, 0.717) is 23.1 Å². The number of nitrogens with zero attached hydrogens (tertiary/aromatic N) is 1. The van der Waals surface area contributed by atoms with Crippen LogP contribution >= 0.6 is 0 Å². The fourth-order valence-corrected chi connectivity index (χ4v) is 2.27. The Morgan fingerprint density at radius 1 is 1.27 bits per heavy atom. The molecule has 3 rings (SSSR count). The number of aromatic nitrogens is 2. The van der Waals surface area contributed by atoms with Gasteiger partial charge in [0, 0.05) is 12.3 Å². The SMILES string of the molecule is O=C(Nc1ccc(CCO)cc1)c1cc(F)cc2[nH]cnc12. The van der Waals surface area contributed by atoms with Crippen LogP contribution in [-0.4, -0.2) is 27.6 Å². The van der Waals surface area contributed by atoms with E-state index in [1.54, 1.807) is 12.1 Å². The predicted molar refractivity (Wildman–Crippen MR) is 81.2 cm³/mol. The number of benzene rings is 2. The van der Waals surface area contributed by atoms with Crippen LogP contribution in [-0.2, 0) is 6.42 Å². The summed E-state index contributed by atoms with van der Waals surface area (Å²) in [4.78, 5) is 19.2. The molecular formula is C16H14FN3O2. The van der Waals surface area contributed by atoms with Gasteiger partial charge >= 0.3 is 0 Å². The van der Waals surface area contributed by atoms with Crippen molar-refractivity contribution in [3.05, 3.63) is 59.7 Å². The highest BCUT2D eigenvalue weighted by Crippen LogP contribution is 2.19. The van der Waals surface area contributed by atoms with E-state index in [-0.39, 0.29) is 12.2 Å². The van der Waals surface area contributed by atoms with Crippen molar-refractivity contribution in [2.45, 2.75) is 6.42 Å². The van der Waals surface area contributed by atoms with Gasteiger partial charge in [0.1, 0.15) is 11.3 Å². The predicted octanol–water partition coefficient (Wildman–Crippen LogP) is 2.49. The van der Waals surface area contributed by atoms with E-state index < -0.39 is 11.7 Å². The monoisotopic (exact) mass is 299 g/mol. The standard InChI is InChI=1S/C16H14FN3O2/c17-11-7-13(15-14(8-11)18-9-19-15)16(22)20-12-3-1-10(2-4-12)5-6-21/h1-4,7-9,21H,5-6H2,(H,18,19)(H,20,22). The molecule has 0 atom stereocenters. The lowest BCUT2D eigenvalue weighted by molar-refractivity contribution is 0.102. The van der Waals surface area contributed by atoms with Crippen molar-refractivity contribution in [2.24, 2.45) is 0 Å². The summed E-state index contributed by atoms with van der Waals surface area (Å²) in [7, 11) is 0. The van der Waals surface area contributed by atoms with Gasteiger partial charge in [-0.1, -0.05) is 12.1 Å². The first-order valence-electron chi connectivity index (χ1n) is 6.81. The van der Waals surface area contributed by atoms with E-state index in [4.69, 9.17) is 5.11 Å². The minimum atomic E-state index is -0.500. The summed E-state index contributed by atoms with van der Waals surface area (Å²) in [5.41, 5.74) is 2.65. The number of carbonyl (C=O) groups excluding carboxylic acids is 1. The number of hydrogen-bond acceptors (Lipinski definition) is 3. The van der Waals surface area contributed by atoms with Crippen LogP contribution in [0.15, 0.2) is 42.7 Å². The van der Waals surface area contributed by atoms with Crippen LogP contribution in [0.4, 0.5) is 10.1 Å². The van der Waals surface area contributed by atoms with Gasteiger partial charge in [0.15, 0.2) is 0 Å². The third kappa shape index (κ3) is 2.82. The molecule has 2 aromatic carbocycles.